The molecule has 2 unspecified atom stereocenters. The van der Waals surface area contributed by atoms with Crippen molar-refractivity contribution < 1.29 is 9.53 Å². The van der Waals surface area contributed by atoms with Crippen LogP contribution in [0.2, 0.25) is 0 Å². The molecule has 4 nitrogen and oxygen atoms in total. The van der Waals surface area contributed by atoms with Crippen molar-refractivity contribution in [2.24, 2.45) is 0 Å². The van der Waals surface area contributed by atoms with Crippen molar-refractivity contribution in [3.8, 4) is 5.75 Å². The van der Waals surface area contributed by atoms with E-state index in [9.17, 15) is 4.79 Å². The maximum Gasteiger partial charge on any atom is 0.163 e. The number of anilines is 2. The number of ether oxygens (including phenoxy) is 1. The second kappa shape index (κ2) is 8.78. The SMILES string of the molecule is COc1ccccc1C1CC(=O)C2=C(C1)Nc1ccccc1NC2c1ccc(C(C)C)cc1. The minimum absolute atomic E-state index is 0.0779. The summed E-state index contributed by atoms with van der Waals surface area (Å²) in [5.41, 5.74) is 7.34. The number of benzene rings is 3. The highest BCUT2D eigenvalue weighted by atomic mass is 16.5. The average Bonchev–Trinajstić information content (AvgIpc) is 3.01. The molecule has 0 saturated heterocycles. The zero-order valence-electron chi connectivity index (χ0n) is 19.4. The van der Waals surface area contributed by atoms with E-state index in [0.717, 1.165) is 45.9 Å². The second-order valence-electron chi connectivity index (χ2n) is 9.23. The number of methoxy groups -OCH3 is 1. The summed E-state index contributed by atoms with van der Waals surface area (Å²) in [6.07, 6.45) is 1.23. The highest BCUT2D eigenvalue weighted by molar-refractivity contribution is 6.01. The summed E-state index contributed by atoms with van der Waals surface area (Å²) in [6.45, 7) is 4.39. The lowest BCUT2D eigenvalue weighted by atomic mass is 9.78. The molecule has 3 aromatic carbocycles. The van der Waals surface area contributed by atoms with Gasteiger partial charge in [-0.25, -0.2) is 0 Å². The fourth-order valence-electron chi connectivity index (χ4n) is 5.04. The van der Waals surface area contributed by atoms with Crippen LogP contribution >= 0.6 is 0 Å². The second-order valence-corrected chi connectivity index (χ2v) is 9.23. The number of allylic oxidation sites excluding steroid dienone is 1. The Hall–Kier alpha value is -3.53. The quantitative estimate of drug-likeness (QED) is 0.470. The van der Waals surface area contributed by atoms with Crippen molar-refractivity contribution in [1.29, 1.82) is 0 Å². The van der Waals surface area contributed by atoms with Gasteiger partial charge in [-0.2, -0.15) is 0 Å². The lowest BCUT2D eigenvalue weighted by molar-refractivity contribution is -0.116. The normalized spacial score (nSPS) is 19.8. The minimum Gasteiger partial charge on any atom is -0.496 e. The van der Waals surface area contributed by atoms with Gasteiger partial charge in [-0.3, -0.25) is 4.79 Å². The van der Waals surface area contributed by atoms with Crippen molar-refractivity contribution in [3.63, 3.8) is 0 Å². The van der Waals surface area contributed by atoms with Gasteiger partial charge in [-0.05, 0) is 47.2 Å². The van der Waals surface area contributed by atoms with Gasteiger partial charge in [0.1, 0.15) is 5.75 Å². The minimum atomic E-state index is -0.191. The van der Waals surface area contributed by atoms with Gasteiger partial charge >= 0.3 is 0 Å². The van der Waals surface area contributed by atoms with E-state index in [0.29, 0.717) is 12.3 Å². The van der Waals surface area contributed by atoms with Crippen LogP contribution in [0.3, 0.4) is 0 Å². The number of nitrogens with one attached hydrogen (secondary N) is 2. The third kappa shape index (κ3) is 4.02. The Kier molecular flexibility index (Phi) is 5.67. The van der Waals surface area contributed by atoms with Crippen molar-refractivity contribution in [1.82, 2.24) is 0 Å². The van der Waals surface area contributed by atoms with Crippen LogP contribution in [-0.4, -0.2) is 12.9 Å². The summed E-state index contributed by atoms with van der Waals surface area (Å²) >= 11 is 0. The number of rotatable bonds is 4. The molecule has 2 aliphatic rings. The molecule has 0 radical (unpaired) electrons. The lowest BCUT2D eigenvalue weighted by Gasteiger charge is -2.30. The first kappa shape index (κ1) is 21.3. The molecule has 1 heterocycles. The summed E-state index contributed by atoms with van der Waals surface area (Å²) in [7, 11) is 1.69. The summed E-state index contributed by atoms with van der Waals surface area (Å²) in [5, 5.41) is 7.28. The number of para-hydroxylation sites is 3. The number of carbonyl (C=O) groups is 1. The standard InChI is InChI=1S/C29H30N2O2/c1-18(2)19-12-14-20(15-13-19)29-28-25(30-23-9-5-6-10-24(23)31-29)16-21(17-26(28)32)22-8-4-7-11-27(22)33-3/h4-15,18,21,29-31H,16-17H2,1-3H3. The van der Waals surface area contributed by atoms with E-state index in [4.69, 9.17) is 4.74 Å². The summed E-state index contributed by atoms with van der Waals surface area (Å²) in [4.78, 5) is 13.7. The third-order valence-corrected chi connectivity index (χ3v) is 6.82. The van der Waals surface area contributed by atoms with E-state index in [1.165, 1.54) is 5.56 Å². The van der Waals surface area contributed by atoms with E-state index >= 15 is 0 Å². The Labute approximate surface area is 195 Å². The number of hydrogen-bond donors (Lipinski definition) is 2. The Morgan fingerprint density at radius 2 is 1.58 bits per heavy atom. The van der Waals surface area contributed by atoms with Crippen LogP contribution in [0.4, 0.5) is 11.4 Å². The van der Waals surface area contributed by atoms with Crippen LogP contribution in [0, 0.1) is 0 Å². The van der Waals surface area contributed by atoms with E-state index in [1.54, 1.807) is 7.11 Å². The monoisotopic (exact) mass is 438 g/mol. The molecule has 1 aliphatic heterocycles. The van der Waals surface area contributed by atoms with Gasteiger partial charge < -0.3 is 15.4 Å². The molecular weight excluding hydrogens is 408 g/mol. The molecule has 2 N–H and O–H groups in total. The number of hydrogen-bond acceptors (Lipinski definition) is 4. The number of fused-ring (bicyclic) bond motifs is 1. The third-order valence-electron chi connectivity index (χ3n) is 6.82. The Morgan fingerprint density at radius 1 is 0.879 bits per heavy atom. The van der Waals surface area contributed by atoms with Crippen molar-refractivity contribution in [2.75, 3.05) is 17.7 Å². The zero-order valence-corrected chi connectivity index (χ0v) is 19.4. The van der Waals surface area contributed by atoms with Gasteiger partial charge in [0, 0.05) is 23.6 Å². The van der Waals surface area contributed by atoms with E-state index in [-0.39, 0.29) is 17.7 Å². The molecule has 0 fully saturated rings. The fourth-order valence-corrected chi connectivity index (χ4v) is 5.04. The van der Waals surface area contributed by atoms with E-state index in [2.05, 4.69) is 66.9 Å². The zero-order chi connectivity index (χ0) is 22.9. The predicted octanol–water partition coefficient (Wildman–Crippen LogP) is 6.80. The van der Waals surface area contributed by atoms with Gasteiger partial charge in [-0.15, -0.1) is 0 Å². The van der Waals surface area contributed by atoms with E-state index in [1.807, 2.05) is 30.3 Å². The maximum atomic E-state index is 13.7. The van der Waals surface area contributed by atoms with Gasteiger partial charge in [0.25, 0.3) is 0 Å². The molecule has 0 saturated carbocycles. The maximum absolute atomic E-state index is 13.7. The molecule has 0 spiro atoms. The molecule has 0 bridgehead atoms. The smallest absolute Gasteiger partial charge is 0.163 e. The van der Waals surface area contributed by atoms with Crippen LogP contribution in [0.25, 0.3) is 0 Å². The largest absolute Gasteiger partial charge is 0.496 e. The Morgan fingerprint density at radius 3 is 2.30 bits per heavy atom. The highest BCUT2D eigenvalue weighted by Gasteiger charge is 2.36. The number of Topliss-reactive ketones (excluding diaryl/α,β-unsaturated/α-hetero) is 1. The van der Waals surface area contributed by atoms with Crippen LogP contribution in [-0.2, 0) is 4.79 Å². The molecule has 0 amide bonds. The van der Waals surface area contributed by atoms with Crippen LogP contribution in [0.1, 0.15) is 61.3 Å². The lowest BCUT2D eigenvalue weighted by Crippen LogP contribution is -2.27. The molecule has 1 aliphatic carbocycles. The topological polar surface area (TPSA) is 50.4 Å². The van der Waals surface area contributed by atoms with Crippen LogP contribution in [0.5, 0.6) is 5.75 Å². The summed E-state index contributed by atoms with van der Waals surface area (Å²) < 4.78 is 5.61. The Bertz CT molecular complexity index is 1210. The first-order chi connectivity index (χ1) is 16.0. The first-order valence-electron chi connectivity index (χ1n) is 11.7. The Balaban J connectivity index is 1.59. The predicted molar refractivity (Wildman–Crippen MR) is 134 cm³/mol. The molecule has 33 heavy (non-hydrogen) atoms. The summed E-state index contributed by atoms with van der Waals surface area (Å²) in [5.74, 6) is 1.57. The van der Waals surface area contributed by atoms with Crippen LogP contribution in [0.15, 0.2) is 84.1 Å². The van der Waals surface area contributed by atoms with Gasteiger partial charge in [-0.1, -0.05) is 68.4 Å². The van der Waals surface area contributed by atoms with Crippen molar-refractivity contribution in [3.05, 3.63) is 101 Å². The molecule has 4 heteroatoms. The fraction of sp³-hybridized carbons (Fsp3) is 0.276. The molecule has 0 aromatic heterocycles. The summed E-state index contributed by atoms with van der Waals surface area (Å²) in [6, 6.07) is 24.7. The highest BCUT2D eigenvalue weighted by Crippen LogP contribution is 2.45. The van der Waals surface area contributed by atoms with Gasteiger partial charge in [0.05, 0.1) is 24.5 Å². The molecular formula is C29H30N2O2. The molecule has 168 valence electrons. The van der Waals surface area contributed by atoms with E-state index < -0.39 is 0 Å². The number of carbonyl (C=O) groups excluding carboxylic acids is 1. The van der Waals surface area contributed by atoms with Gasteiger partial charge in [0.2, 0.25) is 0 Å². The first-order valence-corrected chi connectivity index (χ1v) is 11.7. The molecule has 5 rings (SSSR count). The average molecular weight is 439 g/mol. The molecule has 3 aromatic rings. The van der Waals surface area contributed by atoms with Crippen LogP contribution < -0.4 is 15.4 Å². The van der Waals surface area contributed by atoms with Gasteiger partial charge in [0.15, 0.2) is 5.78 Å². The number of ketones is 1. The van der Waals surface area contributed by atoms with Crippen molar-refractivity contribution >= 4 is 17.2 Å². The molecule has 2 atom stereocenters. The van der Waals surface area contributed by atoms with Crippen molar-refractivity contribution in [2.45, 2.75) is 44.6 Å².